The molecule has 11 rings (SSSR count). The highest BCUT2D eigenvalue weighted by Crippen LogP contribution is 2.54. The molecule has 9 aromatic rings. The standard InChI is InChI=1S/C53H37NS/c1-53(2)47-21-11-10-18-43(47)44-32-31-39(33-48(44)53)54(37-13-4-3-5-14-37)38-29-27-35(28-30-38)34-23-25-36(26-24-34)52-51-46-19-9-8-17-42(46)40-15-6-7-16-41(40)45-20-12-22-49(55-52)50(45)51/h3-33H,1-2H3. The van der Waals surface area contributed by atoms with Crippen LogP contribution in [0.5, 0.6) is 0 Å². The van der Waals surface area contributed by atoms with Crippen LogP contribution in [0.1, 0.15) is 25.0 Å². The van der Waals surface area contributed by atoms with Crippen LogP contribution in [0.15, 0.2) is 188 Å². The van der Waals surface area contributed by atoms with E-state index in [1.165, 1.54) is 93.0 Å². The normalized spacial score (nSPS) is 13.1. The van der Waals surface area contributed by atoms with Crippen molar-refractivity contribution in [1.82, 2.24) is 0 Å². The van der Waals surface area contributed by atoms with Crippen LogP contribution in [0.4, 0.5) is 17.1 Å². The van der Waals surface area contributed by atoms with E-state index in [1.807, 2.05) is 11.3 Å². The molecule has 0 saturated carbocycles. The third-order valence-corrected chi connectivity index (χ3v) is 13.1. The second-order valence-electron chi connectivity index (χ2n) is 15.3. The van der Waals surface area contributed by atoms with E-state index in [0.29, 0.717) is 0 Å². The highest BCUT2D eigenvalue weighted by atomic mass is 32.1. The summed E-state index contributed by atoms with van der Waals surface area (Å²) in [5.74, 6) is 0. The van der Waals surface area contributed by atoms with Crippen molar-refractivity contribution in [2.45, 2.75) is 19.3 Å². The van der Waals surface area contributed by atoms with E-state index < -0.39 is 0 Å². The van der Waals surface area contributed by atoms with Gasteiger partial charge < -0.3 is 4.90 Å². The Bertz CT molecular complexity index is 2930. The first kappa shape index (κ1) is 32.0. The fourth-order valence-electron chi connectivity index (χ4n) is 9.19. The molecule has 0 aliphatic heterocycles. The molecule has 2 aliphatic rings. The molecular formula is C53H37NS. The van der Waals surface area contributed by atoms with Crippen molar-refractivity contribution >= 4 is 38.5 Å². The largest absolute Gasteiger partial charge is 0.310 e. The Morgan fingerprint density at radius 1 is 0.382 bits per heavy atom. The monoisotopic (exact) mass is 719 g/mol. The van der Waals surface area contributed by atoms with Gasteiger partial charge in [-0.05, 0) is 109 Å². The van der Waals surface area contributed by atoms with Crippen LogP contribution in [0, 0.1) is 0 Å². The van der Waals surface area contributed by atoms with Crippen LogP contribution in [0.2, 0.25) is 0 Å². The van der Waals surface area contributed by atoms with Gasteiger partial charge in [0.15, 0.2) is 0 Å². The van der Waals surface area contributed by atoms with Gasteiger partial charge in [-0.3, -0.25) is 0 Å². The topological polar surface area (TPSA) is 3.24 Å². The maximum Gasteiger partial charge on any atom is 0.0465 e. The lowest BCUT2D eigenvalue weighted by molar-refractivity contribution is 0.660. The van der Waals surface area contributed by atoms with Gasteiger partial charge in [0.1, 0.15) is 0 Å². The maximum atomic E-state index is 2.40. The molecule has 2 heteroatoms. The van der Waals surface area contributed by atoms with E-state index >= 15 is 0 Å². The van der Waals surface area contributed by atoms with Crippen LogP contribution >= 0.6 is 11.3 Å². The number of anilines is 3. The zero-order valence-corrected chi connectivity index (χ0v) is 31.6. The predicted octanol–water partition coefficient (Wildman–Crippen LogP) is 15.3. The second-order valence-corrected chi connectivity index (χ2v) is 16.3. The Balaban J connectivity index is 0.963. The number of rotatable bonds is 5. The average molecular weight is 720 g/mol. The van der Waals surface area contributed by atoms with Gasteiger partial charge in [0.25, 0.3) is 0 Å². The van der Waals surface area contributed by atoms with Crippen molar-refractivity contribution in [3.05, 3.63) is 199 Å². The molecule has 0 bridgehead atoms. The molecule has 55 heavy (non-hydrogen) atoms. The van der Waals surface area contributed by atoms with Crippen molar-refractivity contribution in [3.63, 3.8) is 0 Å². The van der Waals surface area contributed by atoms with E-state index in [0.717, 1.165) is 11.4 Å². The number of hydrogen-bond acceptors (Lipinski definition) is 2. The number of thiophene rings is 1. The van der Waals surface area contributed by atoms with Crippen molar-refractivity contribution < 1.29 is 0 Å². The molecule has 1 heterocycles. The summed E-state index contributed by atoms with van der Waals surface area (Å²) in [6, 6.07) is 69.4. The minimum atomic E-state index is -0.0657. The summed E-state index contributed by atoms with van der Waals surface area (Å²) in [6.45, 7) is 4.70. The molecule has 0 amide bonds. The summed E-state index contributed by atoms with van der Waals surface area (Å²) in [5, 5.41) is 1.36. The van der Waals surface area contributed by atoms with E-state index in [2.05, 4.69) is 207 Å². The van der Waals surface area contributed by atoms with Crippen LogP contribution in [-0.4, -0.2) is 0 Å². The molecule has 260 valence electrons. The van der Waals surface area contributed by atoms with Gasteiger partial charge >= 0.3 is 0 Å². The van der Waals surface area contributed by atoms with Crippen LogP contribution in [-0.2, 0) is 5.41 Å². The summed E-state index contributed by atoms with van der Waals surface area (Å²) in [6.07, 6.45) is 0. The Kier molecular flexibility index (Phi) is 7.14. The lowest BCUT2D eigenvalue weighted by atomic mass is 9.82. The van der Waals surface area contributed by atoms with Crippen molar-refractivity contribution in [1.29, 1.82) is 0 Å². The Labute approximate surface area is 326 Å². The molecule has 2 aliphatic carbocycles. The average Bonchev–Trinajstić information content (AvgIpc) is 3.70. The van der Waals surface area contributed by atoms with E-state index in [1.54, 1.807) is 0 Å². The van der Waals surface area contributed by atoms with Crippen LogP contribution < -0.4 is 4.90 Å². The third kappa shape index (κ3) is 4.92. The predicted molar refractivity (Wildman–Crippen MR) is 235 cm³/mol. The maximum absolute atomic E-state index is 2.40. The highest BCUT2D eigenvalue weighted by molar-refractivity contribution is 7.23. The lowest BCUT2D eigenvalue weighted by Crippen LogP contribution is -2.16. The van der Waals surface area contributed by atoms with Gasteiger partial charge in [-0.1, -0.05) is 159 Å². The molecule has 0 unspecified atom stereocenters. The van der Waals surface area contributed by atoms with Crippen molar-refractivity contribution in [2.24, 2.45) is 0 Å². The molecule has 0 atom stereocenters. The molecule has 1 nitrogen and oxygen atoms in total. The quantitative estimate of drug-likeness (QED) is 0.171. The number of para-hydroxylation sites is 1. The first-order valence-corrected chi connectivity index (χ1v) is 19.9. The zero-order chi connectivity index (χ0) is 36.7. The minimum absolute atomic E-state index is 0.0657. The first-order valence-electron chi connectivity index (χ1n) is 19.1. The van der Waals surface area contributed by atoms with Gasteiger partial charge in [0.2, 0.25) is 0 Å². The molecule has 1 aromatic heterocycles. The first-order chi connectivity index (χ1) is 27.0. The summed E-state index contributed by atoms with van der Waals surface area (Å²) in [5.41, 5.74) is 20.4. The molecule has 0 radical (unpaired) electrons. The summed E-state index contributed by atoms with van der Waals surface area (Å²) >= 11 is 1.90. The summed E-state index contributed by atoms with van der Waals surface area (Å²) < 4.78 is 1.33. The fraction of sp³-hybridized carbons (Fsp3) is 0.0566. The Morgan fingerprint density at radius 2 is 0.891 bits per heavy atom. The second kappa shape index (κ2) is 12.3. The molecule has 0 saturated heterocycles. The van der Waals surface area contributed by atoms with Gasteiger partial charge in [-0.2, -0.15) is 0 Å². The Morgan fingerprint density at radius 3 is 1.62 bits per heavy atom. The summed E-state index contributed by atoms with van der Waals surface area (Å²) in [7, 11) is 0. The zero-order valence-electron chi connectivity index (χ0n) is 30.8. The van der Waals surface area contributed by atoms with Crippen LogP contribution in [0.3, 0.4) is 0 Å². The number of benzene rings is 8. The smallest absolute Gasteiger partial charge is 0.0465 e. The van der Waals surface area contributed by atoms with E-state index in [4.69, 9.17) is 0 Å². The molecule has 0 fully saturated rings. The molecule has 0 N–H and O–H groups in total. The molecular weight excluding hydrogens is 683 g/mol. The minimum Gasteiger partial charge on any atom is -0.310 e. The number of nitrogens with zero attached hydrogens (tertiary/aromatic N) is 1. The van der Waals surface area contributed by atoms with E-state index in [9.17, 15) is 0 Å². The van der Waals surface area contributed by atoms with E-state index in [-0.39, 0.29) is 5.41 Å². The van der Waals surface area contributed by atoms with Crippen LogP contribution in [0.25, 0.3) is 76.2 Å². The third-order valence-electron chi connectivity index (χ3n) is 11.9. The van der Waals surface area contributed by atoms with Gasteiger partial charge in [0.05, 0.1) is 0 Å². The van der Waals surface area contributed by atoms with Gasteiger partial charge in [0, 0.05) is 43.0 Å². The van der Waals surface area contributed by atoms with Crippen molar-refractivity contribution in [3.8, 4) is 66.1 Å². The van der Waals surface area contributed by atoms with Gasteiger partial charge in [-0.25, -0.2) is 0 Å². The SMILES string of the molecule is CC1(C)c2ccccc2-c2ccc(N(c3ccccc3)c3ccc(-c4ccc(-c5sc6cccc7c6c5-c5ccccc5-c5ccccc5-7)cc4)cc3)cc21. The summed E-state index contributed by atoms with van der Waals surface area (Å²) in [4.78, 5) is 3.70. The Hall–Kier alpha value is -6.48. The highest BCUT2D eigenvalue weighted by Gasteiger charge is 2.35. The molecule has 8 aromatic carbocycles. The lowest BCUT2D eigenvalue weighted by Gasteiger charge is -2.28. The number of fused-ring (bicyclic) bond motifs is 8. The van der Waals surface area contributed by atoms with Crippen molar-refractivity contribution in [2.75, 3.05) is 4.90 Å². The van der Waals surface area contributed by atoms with Gasteiger partial charge in [-0.15, -0.1) is 11.3 Å². The number of hydrogen-bond donors (Lipinski definition) is 0. The molecule has 0 spiro atoms. The fourth-order valence-corrected chi connectivity index (χ4v) is 10.4.